The first-order chi connectivity index (χ1) is 7.50. The third kappa shape index (κ3) is 29.2. The zero-order chi connectivity index (χ0) is 12.8. The Morgan fingerprint density at radius 1 is 0.938 bits per heavy atom. The fraction of sp³-hybridized carbons (Fsp3) is 0.923. The number of nitrogens with zero attached hydrogens (tertiary/aromatic N) is 1. The third-order valence-corrected chi connectivity index (χ3v) is 1.99. The lowest BCUT2D eigenvalue weighted by molar-refractivity contribution is -0.137. The van der Waals surface area contributed by atoms with Crippen LogP contribution in [0.3, 0.4) is 0 Å². The third-order valence-electron chi connectivity index (χ3n) is 1.99. The highest BCUT2D eigenvalue weighted by Gasteiger charge is 1.95. The van der Waals surface area contributed by atoms with Crippen molar-refractivity contribution in [2.75, 3.05) is 21.1 Å². The zero-order valence-corrected chi connectivity index (χ0v) is 11.5. The Morgan fingerprint density at radius 2 is 1.31 bits per heavy atom. The molecule has 0 amide bonds. The van der Waals surface area contributed by atoms with Gasteiger partial charge in [0.2, 0.25) is 0 Å². The number of unbranched alkanes of at least 4 members (excludes halogenated alkanes) is 6. The van der Waals surface area contributed by atoms with E-state index in [1.807, 2.05) is 26.0 Å². The topological polar surface area (TPSA) is 40.5 Å². The number of carboxylic acids is 1. The predicted octanol–water partition coefficient (Wildman–Crippen LogP) is 3.39. The Kier molecular flexibility index (Phi) is 16.1. The SMILES string of the molecule is CCCCCCCCCC(=O)O.CN(C)C. The lowest BCUT2D eigenvalue weighted by Crippen LogP contribution is -1.99. The van der Waals surface area contributed by atoms with Crippen LogP contribution in [0.5, 0.6) is 0 Å². The average Bonchev–Trinajstić information content (AvgIpc) is 2.15. The zero-order valence-electron chi connectivity index (χ0n) is 11.5. The summed E-state index contributed by atoms with van der Waals surface area (Å²) in [4.78, 5) is 12.1. The Morgan fingerprint density at radius 3 is 1.69 bits per heavy atom. The van der Waals surface area contributed by atoms with E-state index in [0.29, 0.717) is 6.42 Å². The fourth-order valence-corrected chi connectivity index (χ4v) is 1.23. The smallest absolute Gasteiger partial charge is 0.303 e. The van der Waals surface area contributed by atoms with Gasteiger partial charge in [-0.1, -0.05) is 45.4 Å². The average molecular weight is 231 g/mol. The van der Waals surface area contributed by atoms with E-state index in [4.69, 9.17) is 5.11 Å². The van der Waals surface area contributed by atoms with Gasteiger partial charge in [-0.2, -0.15) is 0 Å². The van der Waals surface area contributed by atoms with E-state index in [-0.39, 0.29) is 0 Å². The molecule has 0 saturated heterocycles. The van der Waals surface area contributed by atoms with Crippen LogP contribution in [-0.4, -0.2) is 37.1 Å². The van der Waals surface area contributed by atoms with Crippen molar-refractivity contribution in [2.24, 2.45) is 0 Å². The molecule has 0 aromatic carbocycles. The second kappa shape index (κ2) is 14.4. The van der Waals surface area contributed by atoms with Crippen LogP contribution >= 0.6 is 0 Å². The van der Waals surface area contributed by atoms with Crippen molar-refractivity contribution in [2.45, 2.75) is 58.3 Å². The largest absolute Gasteiger partial charge is 0.481 e. The first-order valence-corrected chi connectivity index (χ1v) is 6.33. The number of carboxylic acid groups (broad SMARTS) is 1. The highest BCUT2D eigenvalue weighted by Crippen LogP contribution is 2.07. The Bertz CT molecular complexity index is 144. The van der Waals surface area contributed by atoms with Crippen molar-refractivity contribution >= 4 is 5.97 Å². The minimum atomic E-state index is -0.663. The second-order valence-electron chi connectivity index (χ2n) is 4.61. The standard InChI is InChI=1S/C10H20O2.C3H9N/c1-2-3-4-5-6-7-8-9-10(11)12;1-4(2)3/h2-9H2,1H3,(H,11,12);1-3H3. The van der Waals surface area contributed by atoms with Crippen LogP contribution in [0.2, 0.25) is 0 Å². The van der Waals surface area contributed by atoms with Gasteiger partial charge in [-0.3, -0.25) is 4.79 Å². The number of rotatable bonds is 8. The molecule has 0 atom stereocenters. The fourth-order valence-electron chi connectivity index (χ4n) is 1.23. The molecular formula is C13H29NO2. The molecule has 0 saturated carbocycles. The summed E-state index contributed by atoms with van der Waals surface area (Å²) >= 11 is 0. The van der Waals surface area contributed by atoms with E-state index < -0.39 is 5.97 Å². The maximum Gasteiger partial charge on any atom is 0.303 e. The number of hydrogen-bond acceptors (Lipinski definition) is 2. The van der Waals surface area contributed by atoms with Crippen LogP contribution in [0.1, 0.15) is 58.3 Å². The van der Waals surface area contributed by atoms with Crippen LogP contribution in [0, 0.1) is 0 Å². The number of hydrogen-bond donors (Lipinski definition) is 1. The molecule has 0 fully saturated rings. The van der Waals surface area contributed by atoms with Crippen LogP contribution < -0.4 is 0 Å². The van der Waals surface area contributed by atoms with Crippen LogP contribution in [-0.2, 0) is 4.79 Å². The molecule has 0 aromatic heterocycles. The number of carbonyl (C=O) groups is 1. The van der Waals surface area contributed by atoms with Crippen molar-refractivity contribution in [3.8, 4) is 0 Å². The van der Waals surface area contributed by atoms with Crippen molar-refractivity contribution < 1.29 is 9.90 Å². The van der Waals surface area contributed by atoms with Gasteiger partial charge in [-0.15, -0.1) is 0 Å². The molecular weight excluding hydrogens is 202 g/mol. The van der Waals surface area contributed by atoms with Crippen LogP contribution in [0.4, 0.5) is 0 Å². The normalized spacial score (nSPS) is 9.81. The van der Waals surface area contributed by atoms with E-state index >= 15 is 0 Å². The minimum Gasteiger partial charge on any atom is -0.481 e. The molecule has 0 unspecified atom stereocenters. The molecule has 0 aliphatic rings. The van der Waals surface area contributed by atoms with E-state index in [9.17, 15) is 4.79 Å². The molecule has 3 heteroatoms. The maximum absolute atomic E-state index is 10.1. The molecule has 0 radical (unpaired) electrons. The second-order valence-corrected chi connectivity index (χ2v) is 4.61. The highest BCUT2D eigenvalue weighted by atomic mass is 16.4. The summed E-state index contributed by atoms with van der Waals surface area (Å²) in [7, 11) is 6.00. The van der Waals surface area contributed by atoms with Crippen LogP contribution in [0.15, 0.2) is 0 Å². The maximum atomic E-state index is 10.1. The van der Waals surface area contributed by atoms with E-state index in [2.05, 4.69) is 6.92 Å². The van der Waals surface area contributed by atoms with Crippen molar-refractivity contribution in [1.29, 1.82) is 0 Å². The molecule has 3 nitrogen and oxygen atoms in total. The van der Waals surface area contributed by atoms with Gasteiger partial charge in [0.1, 0.15) is 0 Å². The Labute approximate surface area is 101 Å². The molecule has 0 heterocycles. The van der Waals surface area contributed by atoms with Crippen molar-refractivity contribution in [3.05, 3.63) is 0 Å². The molecule has 0 aromatic rings. The molecule has 16 heavy (non-hydrogen) atoms. The minimum absolute atomic E-state index is 0.341. The molecule has 98 valence electrons. The van der Waals surface area contributed by atoms with Gasteiger partial charge in [0.15, 0.2) is 0 Å². The van der Waals surface area contributed by atoms with E-state index in [0.717, 1.165) is 12.8 Å². The molecule has 0 aliphatic carbocycles. The Balaban J connectivity index is 0. The summed E-state index contributed by atoms with van der Waals surface area (Å²) in [6.45, 7) is 2.20. The predicted molar refractivity (Wildman–Crippen MR) is 69.9 cm³/mol. The van der Waals surface area contributed by atoms with Gasteiger partial charge < -0.3 is 10.0 Å². The van der Waals surface area contributed by atoms with Gasteiger partial charge in [0.05, 0.1) is 0 Å². The summed E-state index contributed by atoms with van der Waals surface area (Å²) in [5.41, 5.74) is 0. The summed E-state index contributed by atoms with van der Waals surface area (Å²) in [5, 5.41) is 8.35. The lowest BCUT2D eigenvalue weighted by Gasteiger charge is -1.98. The molecule has 1 N–H and O–H groups in total. The van der Waals surface area contributed by atoms with Crippen molar-refractivity contribution in [3.63, 3.8) is 0 Å². The summed E-state index contributed by atoms with van der Waals surface area (Å²) < 4.78 is 0. The van der Waals surface area contributed by atoms with E-state index in [1.54, 1.807) is 0 Å². The van der Waals surface area contributed by atoms with Gasteiger partial charge in [0.25, 0.3) is 0 Å². The Hall–Kier alpha value is -0.570. The summed E-state index contributed by atoms with van der Waals surface area (Å²) in [6.07, 6.45) is 8.64. The first-order valence-electron chi connectivity index (χ1n) is 6.33. The molecule has 0 bridgehead atoms. The summed E-state index contributed by atoms with van der Waals surface area (Å²) in [6, 6.07) is 0. The summed E-state index contributed by atoms with van der Waals surface area (Å²) in [5.74, 6) is -0.663. The van der Waals surface area contributed by atoms with Gasteiger partial charge in [-0.25, -0.2) is 0 Å². The van der Waals surface area contributed by atoms with Gasteiger partial charge >= 0.3 is 5.97 Å². The van der Waals surface area contributed by atoms with Crippen molar-refractivity contribution in [1.82, 2.24) is 4.90 Å². The quantitative estimate of drug-likeness (QED) is 0.651. The number of aliphatic carboxylic acids is 1. The molecule has 0 spiro atoms. The van der Waals surface area contributed by atoms with E-state index in [1.165, 1.54) is 32.1 Å². The van der Waals surface area contributed by atoms with Gasteiger partial charge in [0, 0.05) is 6.42 Å². The van der Waals surface area contributed by atoms with Crippen LogP contribution in [0.25, 0.3) is 0 Å². The van der Waals surface area contributed by atoms with Gasteiger partial charge in [-0.05, 0) is 27.6 Å². The molecule has 0 rings (SSSR count). The first kappa shape index (κ1) is 17.8. The highest BCUT2D eigenvalue weighted by molar-refractivity contribution is 5.66. The monoisotopic (exact) mass is 231 g/mol. The lowest BCUT2D eigenvalue weighted by atomic mass is 10.1. The molecule has 0 aliphatic heterocycles.